The zero-order chi connectivity index (χ0) is 49.7. The Labute approximate surface area is 416 Å². The van der Waals surface area contributed by atoms with Crippen LogP contribution in [0.2, 0.25) is 0 Å². The first-order valence-electron chi connectivity index (χ1n) is 28.4. The van der Waals surface area contributed by atoms with Crippen molar-refractivity contribution in [3.8, 4) is 0 Å². The molecule has 11 nitrogen and oxygen atoms in total. The van der Waals surface area contributed by atoms with Crippen LogP contribution in [0.1, 0.15) is 251 Å². The van der Waals surface area contributed by atoms with Crippen LogP contribution < -0.4 is 5.32 Å². The van der Waals surface area contributed by atoms with E-state index in [-0.39, 0.29) is 12.8 Å². The standard InChI is InChI=1S/C57H107NO10/c1-3-5-7-9-11-13-15-17-19-21-22-23-24-25-26-27-28-29-31-32-34-36-38-40-42-44-49(60)52(62)48(47-67-57-55(65)54(64)53(63)51(46-59)68-57)58-56(66)50(61)45-43-41-39-37-35-33-30-20-18-16-14-12-10-8-6-4-2/h18,20,29,31,36,38,48-55,57,59-65H,3-17,19,21-28,30,32-35,37,39-47H2,1-2H3,(H,58,66)/b20-18-,31-29+,38-36+. The minimum atomic E-state index is -1.67. The lowest BCUT2D eigenvalue weighted by molar-refractivity contribution is -0.303. The first-order chi connectivity index (χ1) is 33.2. The highest BCUT2D eigenvalue weighted by Gasteiger charge is 2.44. The molecule has 400 valence electrons. The van der Waals surface area contributed by atoms with Crippen molar-refractivity contribution in [1.82, 2.24) is 5.32 Å². The van der Waals surface area contributed by atoms with Gasteiger partial charge in [0.2, 0.25) is 5.91 Å². The summed E-state index contributed by atoms with van der Waals surface area (Å²) in [5.74, 6) is -0.714. The predicted molar refractivity (Wildman–Crippen MR) is 279 cm³/mol. The minimum Gasteiger partial charge on any atom is -0.394 e. The first kappa shape index (κ1) is 64.3. The molecule has 11 heteroatoms. The topological polar surface area (TPSA) is 189 Å². The van der Waals surface area contributed by atoms with Crippen LogP contribution >= 0.6 is 0 Å². The number of ether oxygens (including phenoxy) is 2. The largest absolute Gasteiger partial charge is 0.394 e. The van der Waals surface area contributed by atoms with E-state index in [0.717, 1.165) is 57.8 Å². The number of carbonyl (C=O) groups excluding carboxylic acids is 1. The van der Waals surface area contributed by atoms with Gasteiger partial charge in [0.1, 0.15) is 36.6 Å². The summed E-state index contributed by atoms with van der Waals surface area (Å²) in [4.78, 5) is 13.1. The Balaban J connectivity index is 2.35. The third kappa shape index (κ3) is 34.6. The number of aliphatic hydroxyl groups is 7. The van der Waals surface area contributed by atoms with Gasteiger partial charge < -0.3 is 50.5 Å². The van der Waals surface area contributed by atoms with E-state index in [1.807, 2.05) is 0 Å². The lowest BCUT2D eigenvalue weighted by atomic mass is 9.98. The highest BCUT2D eigenvalue weighted by Crippen LogP contribution is 2.23. The molecule has 9 unspecified atom stereocenters. The number of unbranched alkanes of at least 4 members (excludes halogenated alkanes) is 30. The van der Waals surface area contributed by atoms with E-state index in [1.165, 1.54) is 148 Å². The summed E-state index contributed by atoms with van der Waals surface area (Å²) in [6.07, 6.45) is 44.9. The summed E-state index contributed by atoms with van der Waals surface area (Å²) in [7, 11) is 0. The Morgan fingerprint density at radius 1 is 0.500 bits per heavy atom. The van der Waals surface area contributed by atoms with Crippen molar-refractivity contribution in [2.45, 2.75) is 306 Å². The van der Waals surface area contributed by atoms with Crippen molar-refractivity contribution in [3.63, 3.8) is 0 Å². The summed E-state index contributed by atoms with van der Waals surface area (Å²) < 4.78 is 11.1. The molecule has 1 saturated heterocycles. The predicted octanol–water partition coefficient (Wildman–Crippen LogP) is 11.5. The van der Waals surface area contributed by atoms with Crippen molar-refractivity contribution in [1.29, 1.82) is 0 Å². The molecule has 1 fully saturated rings. The molecule has 1 rings (SSSR count). The van der Waals surface area contributed by atoms with E-state index < -0.39 is 74.2 Å². The van der Waals surface area contributed by atoms with Crippen molar-refractivity contribution in [3.05, 3.63) is 36.5 Å². The molecule has 0 aliphatic carbocycles. The zero-order valence-electron chi connectivity index (χ0n) is 43.6. The quantitative estimate of drug-likeness (QED) is 0.0215. The molecule has 68 heavy (non-hydrogen) atoms. The maximum atomic E-state index is 13.1. The second-order valence-corrected chi connectivity index (χ2v) is 20.0. The molecule has 0 spiro atoms. The highest BCUT2D eigenvalue weighted by molar-refractivity contribution is 5.80. The van der Waals surface area contributed by atoms with Gasteiger partial charge in [0.05, 0.1) is 25.4 Å². The number of aliphatic hydroxyl groups excluding tert-OH is 7. The minimum absolute atomic E-state index is 0.244. The Morgan fingerprint density at radius 3 is 1.31 bits per heavy atom. The zero-order valence-corrected chi connectivity index (χ0v) is 43.6. The van der Waals surface area contributed by atoms with Crippen LogP contribution in [0.4, 0.5) is 0 Å². The van der Waals surface area contributed by atoms with Crippen LogP contribution in [-0.4, -0.2) is 110 Å². The van der Waals surface area contributed by atoms with Gasteiger partial charge in [0.15, 0.2) is 6.29 Å². The molecular weight excluding hydrogens is 859 g/mol. The maximum Gasteiger partial charge on any atom is 0.249 e. The van der Waals surface area contributed by atoms with Gasteiger partial charge in [-0.1, -0.05) is 211 Å². The number of nitrogens with one attached hydrogen (secondary N) is 1. The molecule has 0 aromatic carbocycles. The molecule has 1 amide bonds. The monoisotopic (exact) mass is 966 g/mol. The fourth-order valence-electron chi connectivity index (χ4n) is 8.98. The smallest absolute Gasteiger partial charge is 0.249 e. The lowest BCUT2D eigenvalue weighted by Crippen LogP contribution is -2.60. The summed E-state index contributed by atoms with van der Waals surface area (Å²) in [5, 5.41) is 76.0. The second kappa shape index (κ2) is 46.4. The average molecular weight is 966 g/mol. The molecule has 8 N–H and O–H groups in total. The Bertz CT molecular complexity index is 1200. The van der Waals surface area contributed by atoms with E-state index in [0.29, 0.717) is 19.3 Å². The summed E-state index contributed by atoms with van der Waals surface area (Å²) >= 11 is 0. The SMILES string of the molecule is CCCCCCCC/C=C\CCCCCCCCC(O)C(=O)NC(COC1OC(CO)C(O)C(O)C1O)C(O)C(O)CCC/C=C/CC/C=C/CCCCCCCCCCCCCCCCCC. The molecule has 0 aromatic heterocycles. The average Bonchev–Trinajstić information content (AvgIpc) is 3.34. The highest BCUT2D eigenvalue weighted by atomic mass is 16.7. The molecule has 0 bridgehead atoms. The van der Waals surface area contributed by atoms with E-state index in [2.05, 4.69) is 55.6 Å². The van der Waals surface area contributed by atoms with Gasteiger partial charge >= 0.3 is 0 Å². The van der Waals surface area contributed by atoms with Crippen molar-refractivity contribution in [2.75, 3.05) is 13.2 Å². The molecule has 0 radical (unpaired) electrons. The van der Waals surface area contributed by atoms with Crippen molar-refractivity contribution < 1.29 is 50.0 Å². The molecule has 1 aliphatic rings. The lowest BCUT2D eigenvalue weighted by Gasteiger charge is -2.40. The number of amides is 1. The van der Waals surface area contributed by atoms with Crippen LogP contribution in [0.5, 0.6) is 0 Å². The van der Waals surface area contributed by atoms with Gasteiger partial charge in [-0.3, -0.25) is 4.79 Å². The van der Waals surface area contributed by atoms with E-state index in [4.69, 9.17) is 9.47 Å². The molecule has 0 aromatic rings. The van der Waals surface area contributed by atoms with Crippen LogP contribution in [0.15, 0.2) is 36.5 Å². The summed E-state index contributed by atoms with van der Waals surface area (Å²) in [6, 6.07) is -1.19. The Kier molecular flexibility index (Phi) is 43.9. The van der Waals surface area contributed by atoms with Crippen LogP contribution in [0, 0.1) is 0 Å². The van der Waals surface area contributed by atoms with E-state index in [9.17, 15) is 40.5 Å². The molecule has 0 saturated carbocycles. The number of allylic oxidation sites excluding steroid dienone is 6. The maximum absolute atomic E-state index is 13.1. The van der Waals surface area contributed by atoms with Gasteiger partial charge in [-0.05, 0) is 77.0 Å². The summed E-state index contributed by atoms with van der Waals surface area (Å²) in [6.45, 7) is 3.44. The number of hydrogen-bond acceptors (Lipinski definition) is 10. The molecule has 1 heterocycles. The van der Waals surface area contributed by atoms with Gasteiger partial charge in [-0.15, -0.1) is 0 Å². The Morgan fingerprint density at radius 2 is 0.882 bits per heavy atom. The number of hydrogen-bond donors (Lipinski definition) is 8. The fourth-order valence-corrected chi connectivity index (χ4v) is 8.98. The third-order valence-corrected chi connectivity index (χ3v) is 13.6. The normalized spacial score (nSPS) is 20.8. The first-order valence-corrected chi connectivity index (χ1v) is 28.4. The van der Waals surface area contributed by atoms with Crippen molar-refractivity contribution >= 4 is 5.91 Å². The van der Waals surface area contributed by atoms with E-state index >= 15 is 0 Å². The van der Waals surface area contributed by atoms with Crippen molar-refractivity contribution in [2.24, 2.45) is 0 Å². The second-order valence-electron chi connectivity index (χ2n) is 20.0. The van der Waals surface area contributed by atoms with Gasteiger partial charge in [0.25, 0.3) is 0 Å². The van der Waals surface area contributed by atoms with Gasteiger partial charge in [-0.25, -0.2) is 0 Å². The van der Waals surface area contributed by atoms with Gasteiger partial charge in [0, 0.05) is 0 Å². The van der Waals surface area contributed by atoms with Crippen LogP contribution in [0.25, 0.3) is 0 Å². The van der Waals surface area contributed by atoms with Gasteiger partial charge in [-0.2, -0.15) is 0 Å². The van der Waals surface area contributed by atoms with Crippen LogP contribution in [-0.2, 0) is 14.3 Å². The molecule has 1 aliphatic heterocycles. The molecular formula is C57H107NO10. The fraction of sp³-hybridized carbons (Fsp3) is 0.877. The third-order valence-electron chi connectivity index (χ3n) is 13.6. The summed E-state index contributed by atoms with van der Waals surface area (Å²) in [5.41, 5.74) is 0. The number of carbonyl (C=O) groups is 1. The van der Waals surface area contributed by atoms with Crippen LogP contribution in [0.3, 0.4) is 0 Å². The molecule has 9 atom stereocenters. The number of rotatable bonds is 48. The Hall–Kier alpha value is -1.67. The van der Waals surface area contributed by atoms with E-state index in [1.54, 1.807) is 0 Å².